The molecular formula is C17H16FN5O2. The number of halogens is 1. The number of ether oxygens (including phenoxy) is 1. The zero-order chi connectivity index (χ0) is 17.6. The maximum Gasteiger partial charge on any atom is 0.235 e. The van der Waals surface area contributed by atoms with Gasteiger partial charge in [-0.3, -0.25) is 4.79 Å². The number of nitrogens with zero attached hydrogens (tertiary/aromatic N) is 3. The first-order valence-corrected chi connectivity index (χ1v) is 7.58. The normalized spacial score (nSPS) is 11.8. The molecule has 0 unspecified atom stereocenters. The van der Waals surface area contributed by atoms with E-state index in [4.69, 9.17) is 4.74 Å². The Morgan fingerprint density at radius 1 is 1.20 bits per heavy atom. The van der Waals surface area contributed by atoms with Crippen LogP contribution < -0.4 is 10.1 Å². The SMILES string of the molecule is COc1ccc(C[C@@H](C(=O)Nc2ccc(F)cc2)c2nn[nH]n2)cc1. The molecule has 1 heterocycles. The second-order valence-electron chi connectivity index (χ2n) is 5.37. The van der Waals surface area contributed by atoms with Crippen molar-refractivity contribution in [3.63, 3.8) is 0 Å². The van der Waals surface area contributed by atoms with Gasteiger partial charge in [0.05, 0.1) is 7.11 Å². The molecule has 2 N–H and O–H groups in total. The monoisotopic (exact) mass is 341 g/mol. The molecule has 3 aromatic rings. The third kappa shape index (κ3) is 4.17. The second-order valence-corrected chi connectivity index (χ2v) is 5.37. The van der Waals surface area contributed by atoms with Crippen LogP contribution in [0.5, 0.6) is 5.75 Å². The smallest absolute Gasteiger partial charge is 0.235 e. The zero-order valence-corrected chi connectivity index (χ0v) is 13.4. The number of methoxy groups -OCH3 is 1. The minimum atomic E-state index is -0.641. The second kappa shape index (κ2) is 7.52. The molecule has 3 rings (SSSR count). The number of carbonyl (C=O) groups excluding carboxylic acids is 1. The Hall–Kier alpha value is -3.29. The van der Waals surface area contributed by atoms with Gasteiger partial charge in [0, 0.05) is 5.69 Å². The van der Waals surface area contributed by atoms with Crippen LogP contribution >= 0.6 is 0 Å². The number of nitrogens with one attached hydrogen (secondary N) is 2. The van der Waals surface area contributed by atoms with Gasteiger partial charge in [0.1, 0.15) is 17.5 Å². The van der Waals surface area contributed by atoms with E-state index in [2.05, 4.69) is 25.9 Å². The quantitative estimate of drug-likeness (QED) is 0.718. The van der Waals surface area contributed by atoms with Crippen LogP contribution in [-0.4, -0.2) is 33.6 Å². The van der Waals surface area contributed by atoms with E-state index in [9.17, 15) is 9.18 Å². The van der Waals surface area contributed by atoms with Crippen LogP contribution in [0.25, 0.3) is 0 Å². The van der Waals surface area contributed by atoms with Gasteiger partial charge >= 0.3 is 0 Å². The van der Waals surface area contributed by atoms with Crippen molar-refractivity contribution in [2.45, 2.75) is 12.3 Å². The summed E-state index contributed by atoms with van der Waals surface area (Å²) in [6.07, 6.45) is 0.385. The topological polar surface area (TPSA) is 92.8 Å². The lowest BCUT2D eigenvalue weighted by molar-refractivity contribution is -0.117. The number of anilines is 1. The lowest BCUT2D eigenvalue weighted by Gasteiger charge is -2.14. The number of rotatable bonds is 6. The number of benzene rings is 2. The lowest BCUT2D eigenvalue weighted by atomic mass is 9.97. The largest absolute Gasteiger partial charge is 0.497 e. The molecule has 25 heavy (non-hydrogen) atoms. The molecule has 128 valence electrons. The Labute approximate surface area is 143 Å². The van der Waals surface area contributed by atoms with Gasteiger partial charge in [0.25, 0.3) is 0 Å². The maximum absolute atomic E-state index is 13.0. The van der Waals surface area contributed by atoms with Gasteiger partial charge in [-0.2, -0.15) is 5.21 Å². The number of H-pyrrole nitrogens is 1. The summed E-state index contributed by atoms with van der Waals surface area (Å²) in [4.78, 5) is 12.7. The zero-order valence-electron chi connectivity index (χ0n) is 13.4. The number of aromatic nitrogens is 4. The predicted octanol–water partition coefficient (Wildman–Crippen LogP) is 2.31. The molecule has 0 bridgehead atoms. The average molecular weight is 341 g/mol. The van der Waals surface area contributed by atoms with Crippen LogP contribution in [-0.2, 0) is 11.2 Å². The number of carbonyl (C=O) groups is 1. The van der Waals surface area contributed by atoms with Gasteiger partial charge in [0.15, 0.2) is 5.82 Å². The molecule has 7 nitrogen and oxygen atoms in total. The molecule has 1 amide bonds. The molecular weight excluding hydrogens is 325 g/mol. The van der Waals surface area contributed by atoms with Gasteiger partial charge in [-0.25, -0.2) is 4.39 Å². The molecule has 0 saturated carbocycles. The fourth-order valence-electron chi connectivity index (χ4n) is 2.38. The van der Waals surface area contributed by atoms with Crippen molar-refractivity contribution in [3.8, 4) is 5.75 Å². The van der Waals surface area contributed by atoms with Crippen LogP contribution in [0.3, 0.4) is 0 Å². The molecule has 0 fully saturated rings. The molecule has 0 saturated heterocycles. The Morgan fingerprint density at radius 3 is 2.52 bits per heavy atom. The number of hydrogen-bond acceptors (Lipinski definition) is 5. The van der Waals surface area contributed by atoms with Crippen LogP contribution in [0.1, 0.15) is 17.3 Å². The van der Waals surface area contributed by atoms with Gasteiger partial charge in [-0.1, -0.05) is 17.3 Å². The number of hydrogen-bond donors (Lipinski definition) is 2. The van der Waals surface area contributed by atoms with Gasteiger partial charge in [-0.15, -0.1) is 10.2 Å². The molecule has 0 aliphatic heterocycles. The van der Waals surface area contributed by atoms with Crippen molar-refractivity contribution in [2.24, 2.45) is 0 Å². The highest BCUT2D eigenvalue weighted by Crippen LogP contribution is 2.21. The molecule has 1 atom stereocenters. The molecule has 8 heteroatoms. The van der Waals surface area contributed by atoms with Crippen LogP contribution in [0.4, 0.5) is 10.1 Å². The average Bonchev–Trinajstić information content (AvgIpc) is 3.16. The number of amides is 1. The van der Waals surface area contributed by atoms with Crippen molar-refractivity contribution in [1.29, 1.82) is 0 Å². The lowest BCUT2D eigenvalue weighted by Crippen LogP contribution is -2.24. The van der Waals surface area contributed by atoms with E-state index in [1.807, 2.05) is 24.3 Å². The highest BCUT2D eigenvalue weighted by atomic mass is 19.1. The van der Waals surface area contributed by atoms with E-state index in [0.717, 1.165) is 11.3 Å². The van der Waals surface area contributed by atoms with Crippen LogP contribution in [0.15, 0.2) is 48.5 Å². The molecule has 2 aromatic carbocycles. The minimum absolute atomic E-state index is 0.287. The van der Waals surface area contributed by atoms with E-state index in [0.29, 0.717) is 12.1 Å². The summed E-state index contributed by atoms with van der Waals surface area (Å²) in [5, 5.41) is 16.5. The van der Waals surface area contributed by atoms with E-state index in [1.54, 1.807) is 7.11 Å². The number of aromatic amines is 1. The Morgan fingerprint density at radius 2 is 1.92 bits per heavy atom. The first-order chi connectivity index (χ1) is 12.2. The van der Waals surface area contributed by atoms with Crippen molar-refractivity contribution in [1.82, 2.24) is 20.6 Å². The summed E-state index contributed by atoms with van der Waals surface area (Å²) >= 11 is 0. The third-order valence-corrected chi connectivity index (χ3v) is 3.70. The Kier molecular flexibility index (Phi) is 4.98. The van der Waals surface area contributed by atoms with E-state index < -0.39 is 5.92 Å². The van der Waals surface area contributed by atoms with Crippen molar-refractivity contribution in [2.75, 3.05) is 12.4 Å². The minimum Gasteiger partial charge on any atom is -0.497 e. The molecule has 1 aromatic heterocycles. The standard InChI is InChI=1S/C17H16FN5O2/c1-25-14-8-2-11(3-9-14)10-15(16-20-22-23-21-16)17(24)19-13-6-4-12(18)5-7-13/h2-9,15H,10H2,1H3,(H,19,24)(H,20,21,22,23)/t15-/m1/s1. The Balaban J connectivity index is 1.79. The summed E-state index contributed by atoms with van der Waals surface area (Å²) in [5.74, 6) is -0.293. The first-order valence-electron chi connectivity index (χ1n) is 7.58. The van der Waals surface area contributed by atoms with Crippen molar-refractivity contribution >= 4 is 11.6 Å². The van der Waals surface area contributed by atoms with Crippen molar-refractivity contribution < 1.29 is 13.9 Å². The summed E-state index contributed by atoms with van der Waals surface area (Å²) < 4.78 is 18.1. The molecule has 0 spiro atoms. The van der Waals surface area contributed by atoms with Gasteiger partial charge in [-0.05, 0) is 48.4 Å². The fraction of sp³-hybridized carbons (Fsp3) is 0.176. The first kappa shape index (κ1) is 16.6. The molecule has 0 aliphatic carbocycles. The van der Waals surface area contributed by atoms with Crippen molar-refractivity contribution in [3.05, 3.63) is 65.7 Å². The molecule has 0 radical (unpaired) electrons. The maximum atomic E-state index is 13.0. The fourth-order valence-corrected chi connectivity index (χ4v) is 2.38. The third-order valence-electron chi connectivity index (χ3n) is 3.70. The predicted molar refractivity (Wildman–Crippen MR) is 88.6 cm³/mol. The van der Waals surface area contributed by atoms with Crippen LogP contribution in [0, 0.1) is 5.82 Å². The van der Waals surface area contributed by atoms with E-state index in [-0.39, 0.29) is 17.5 Å². The van der Waals surface area contributed by atoms with Gasteiger partial charge < -0.3 is 10.1 Å². The van der Waals surface area contributed by atoms with Crippen LogP contribution in [0.2, 0.25) is 0 Å². The summed E-state index contributed by atoms with van der Waals surface area (Å²) in [5.41, 5.74) is 1.42. The molecule has 0 aliphatic rings. The number of tetrazole rings is 1. The summed E-state index contributed by atoms with van der Waals surface area (Å²) in [6.45, 7) is 0. The highest BCUT2D eigenvalue weighted by Gasteiger charge is 2.25. The summed E-state index contributed by atoms with van der Waals surface area (Å²) in [7, 11) is 1.59. The summed E-state index contributed by atoms with van der Waals surface area (Å²) in [6, 6.07) is 12.9. The highest BCUT2D eigenvalue weighted by molar-refractivity contribution is 5.95. The van der Waals surface area contributed by atoms with E-state index >= 15 is 0 Å². The van der Waals surface area contributed by atoms with Gasteiger partial charge in [0.2, 0.25) is 5.91 Å². The van der Waals surface area contributed by atoms with E-state index in [1.165, 1.54) is 24.3 Å². The Bertz CT molecular complexity index is 819.